The summed E-state index contributed by atoms with van der Waals surface area (Å²) in [5, 5.41) is 3.17. The number of amides is 1. The van der Waals surface area contributed by atoms with Crippen LogP contribution in [0.2, 0.25) is 0 Å². The molecule has 0 heterocycles. The third-order valence-corrected chi connectivity index (χ3v) is 4.38. The quantitative estimate of drug-likeness (QED) is 0.614. The lowest BCUT2D eigenvalue weighted by Gasteiger charge is -2.14. The third kappa shape index (κ3) is 6.77. The van der Waals surface area contributed by atoms with Gasteiger partial charge in [0.05, 0.1) is 0 Å². The Bertz CT molecular complexity index is 700. The second kappa shape index (κ2) is 10.3. The van der Waals surface area contributed by atoms with Gasteiger partial charge < -0.3 is 5.32 Å². The van der Waals surface area contributed by atoms with E-state index in [9.17, 15) is 13.6 Å². The number of hydrogen-bond acceptors (Lipinski definition) is 3. The number of carbonyl (C=O) groups is 1. The summed E-state index contributed by atoms with van der Waals surface area (Å²) in [7, 11) is 0. The van der Waals surface area contributed by atoms with Crippen molar-refractivity contribution in [1.82, 2.24) is 4.72 Å². The topological polar surface area (TPSA) is 41.1 Å². The molecule has 0 radical (unpaired) electrons. The van der Waals surface area contributed by atoms with E-state index in [0.717, 1.165) is 30.3 Å². The number of benzene rings is 2. The van der Waals surface area contributed by atoms with Gasteiger partial charge in [0, 0.05) is 29.1 Å². The van der Waals surface area contributed by atoms with Gasteiger partial charge >= 0.3 is 0 Å². The molecule has 3 nitrogen and oxygen atoms in total. The summed E-state index contributed by atoms with van der Waals surface area (Å²) in [5.41, 5.74) is 1.67. The number of carbonyl (C=O) groups excluding carboxylic acids is 1. The molecule has 2 N–H and O–H groups in total. The smallest absolute Gasteiger partial charge is 0.255 e. The van der Waals surface area contributed by atoms with Gasteiger partial charge in [-0.15, -0.1) is 0 Å². The van der Waals surface area contributed by atoms with Crippen molar-refractivity contribution in [3.63, 3.8) is 0 Å². The largest absolute Gasteiger partial charge is 0.322 e. The van der Waals surface area contributed by atoms with Crippen molar-refractivity contribution in [2.24, 2.45) is 0 Å². The number of rotatable bonds is 7. The van der Waals surface area contributed by atoms with E-state index in [1.165, 1.54) is 0 Å². The Morgan fingerprint density at radius 2 is 1.62 bits per heavy atom. The fourth-order valence-electron chi connectivity index (χ4n) is 2.24. The van der Waals surface area contributed by atoms with Crippen molar-refractivity contribution >= 4 is 23.5 Å². The molecule has 0 saturated heterocycles. The number of halogens is 2. The summed E-state index contributed by atoms with van der Waals surface area (Å²) < 4.78 is 29.7. The summed E-state index contributed by atoms with van der Waals surface area (Å²) in [6.07, 6.45) is 0. The first-order valence-corrected chi connectivity index (χ1v) is 8.99. The van der Waals surface area contributed by atoms with E-state index in [0.29, 0.717) is 16.9 Å². The highest BCUT2D eigenvalue weighted by atomic mass is 32.2. The molecule has 0 saturated carbocycles. The minimum absolute atomic E-state index is 0. The highest BCUT2D eigenvalue weighted by molar-refractivity contribution is 7.97. The van der Waals surface area contributed by atoms with Crippen LogP contribution >= 0.6 is 11.9 Å². The van der Waals surface area contributed by atoms with E-state index in [-0.39, 0.29) is 13.0 Å². The molecule has 0 spiro atoms. The maximum atomic E-state index is 13.2. The molecular weight excluding hydrogens is 354 g/mol. The van der Waals surface area contributed by atoms with Crippen molar-refractivity contribution in [1.29, 1.82) is 0 Å². The maximum Gasteiger partial charge on any atom is 0.255 e. The summed E-state index contributed by atoms with van der Waals surface area (Å²) in [5.74, 6) is -1.77. The monoisotopic (exact) mass is 380 g/mol. The average molecular weight is 381 g/mol. The SMILES string of the molecule is C.CC(C)SNCC(C)c1ccc(NC(=O)c2cc(F)cc(F)c2)cc1. The molecule has 0 aliphatic heterocycles. The van der Waals surface area contributed by atoms with E-state index in [1.807, 2.05) is 12.1 Å². The lowest BCUT2D eigenvalue weighted by atomic mass is 10.0. The molecular formula is C20H26F2N2OS. The van der Waals surface area contributed by atoms with Crippen LogP contribution in [0, 0.1) is 11.6 Å². The lowest BCUT2D eigenvalue weighted by Crippen LogP contribution is -2.15. The van der Waals surface area contributed by atoms with Crippen molar-refractivity contribution < 1.29 is 13.6 Å². The van der Waals surface area contributed by atoms with Gasteiger partial charge in [-0.1, -0.05) is 52.3 Å². The van der Waals surface area contributed by atoms with Gasteiger partial charge in [0.2, 0.25) is 0 Å². The Balaban J connectivity index is 0.00000338. The predicted molar refractivity (Wildman–Crippen MR) is 107 cm³/mol. The Hall–Kier alpha value is -1.92. The molecule has 0 aliphatic carbocycles. The second-order valence-electron chi connectivity index (χ2n) is 6.15. The van der Waals surface area contributed by atoms with Crippen LogP contribution in [-0.4, -0.2) is 17.7 Å². The van der Waals surface area contributed by atoms with Gasteiger partial charge in [-0.05, 0) is 35.7 Å². The number of anilines is 1. The molecule has 1 amide bonds. The van der Waals surface area contributed by atoms with Crippen LogP contribution in [0.5, 0.6) is 0 Å². The zero-order chi connectivity index (χ0) is 18.4. The molecule has 142 valence electrons. The summed E-state index contributed by atoms with van der Waals surface area (Å²) >= 11 is 1.70. The fourth-order valence-corrected chi connectivity index (χ4v) is 2.92. The van der Waals surface area contributed by atoms with Crippen molar-refractivity contribution in [3.05, 3.63) is 65.2 Å². The van der Waals surface area contributed by atoms with Crippen LogP contribution in [0.3, 0.4) is 0 Å². The van der Waals surface area contributed by atoms with E-state index in [2.05, 4.69) is 30.8 Å². The second-order valence-corrected chi connectivity index (χ2v) is 7.62. The number of nitrogens with one attached hydrogen (secondary N) is 2. The summed E-state index contributed by atoms with van der Waals surface area (Å²) in [6.45, 7) is 7.22. The standard InChI is InChI=1S/C19H22F2N2OS.CH4/c1-12(2)25-22-11-13(3)14-4-6-18(7-5-14)23-19(24)15-8-16(20)10-17(21)9-15;/h4-10,12-13,22H,11H2,1-3H3,(H,23,24);1H4. The highest BCUT2D eigenvalue weighted by Crippen LogP contribution is 2.19. The van der Waals surface area contributed by atoms with Gasteiger partial charge in [0.25, 0.3) is 5.91 Å². The zero-order valence-corrected chi connectivity index (χ0v) is 15.3. The molecule has 1 atom stereocenters. The molecule has 0 fully saturated rings. The maximum absolute atomic E-state index is 13.2. The van der Waals surface area contributed by atoms with Crippen LogP contribution in [-0.2, 0) is 0 Å². The molecule has 2 rings (SSSR count). The van der Waals surface area contributed by atoms with Gasteiger partial charge in [-0.2, -0.15) is 0 Å². The van der Waals surface area contributed by atoms with Gasteiger partial charge in [-0.3, -0.25) is 9.52 Å². The van der Waals surface area contributed by atoms with Crippen LogP contribution < -0.4 is 10.0 Å². The van der Waals surface area contributed by atoms with Crippen LogP contribution in [0.15, 0.2) is 42.5 Å². The average Bonchev–Trinajstić information content (AvgIpc) is 2.54. The summed E-state index contributed by atoms with van der Waals surface area (Å²) in [4.78, 5) is 12.1. The Morgan fingerprint density at radius 1 is 1.04 bits per heavy atom. The van der Waals surface area contributed by atoms with E-state index >= 15 is 0 Å². The normalized spacial score (nSPS) is 11.8. The minimum Gasteiger partial charge on any atom is -0.322 e. The van der Waals surface area contributed by atoms with E-state index < -0.39 is 17.5 Å². The summed E-state index contributed by atoms with van der Waals surface area (Å²) in [6, 6.07) is 10.2. The number of hydrogen-bond donors (Lipinski definition) is 2. The van der Waals surface area contributed by atoms with Crippen LogP contribution in [0.1, 0.15) is 50.0 Å². The van der Waals surface area contributed by atoms with Gasteiger partial charge in [0.15, 0.2) is 0 Å². The Morgan fingerprint density at radius 3 is 2.15 bits per heavy atom. The molecule has 2 aromatic carbocycles. The Labute approximate surface area is 158 Å². The van der Waals surface area contributed by atoms with Crippen LogP contribution in [0.25, 0.3) is 0 Å². The van der Waals surface area contributed by atoms with E-state index in [1.54, 1.807) is 24.1 Å². The van der Waals surface area contributed by atoms with Crippen LogP contribution in [0.4, 0.5) is 14.5 Å². The molecule has 0 bridgehead atoms. The van der Waals surface area contributed by atoms with E-state index in [4.69, 9.17) is 0 Å². The van der Waals surface area contributed by atoms with Gasteiger partial charge in [-0.25, -0.2) is 8.78 Å². The third-order valence-electron chi connectivity index (χ3n) is 3.57. The fraction of sp³-hybridized carbons (Fsp3) is 0.350. The van der Waals surface area contributed by atoms with Crippen molar-refractivity contribution in [3.8, 4) is 0 Å². The highest BCUT2D eigenvalue weighted by Gasteiger charge is 2.11. The lowest BCUT2D eigenvalue weighted by molar-refractivity contribution is 0.102. The first-order chi connectivity index (χ1) is 11.8. The minimum atomic E-state index is -0.777. The first kappa shape index (κ1) is 22.1. The predicted octanol–water partition coefficient (Wildman–Crippen LogP) is 5.60. The molecule has 2 aromatic rings. The molecule has 26 heavy (non-hydrogen) atoms. The van der Waals surface area contributed by atoms with Crippen molar-refractivity contribution in [2.45, 2.75) is 39.4 Å². The first-order valence-electron chi connectivity index (χ1n) is 8.11. The van der Waals surface area contributed by atoms with Gasteiger partial charge in [0.1, 0.15) is 11.6 Å². The Kier molecular flexibility index (Phi) is 8.75. The molecule has 1 unspecified atom stereocenters. The molecule has 6 heteroatoms. The molecule has 0 aliphatic rings. The zero-order valence-electron chi connectivity index (χ0n) is 14.5. The van der Waals surface area contributed by atoms with Crippen molar-refractivity contribution in [2.75, 3.05) is 11.9 Å². The molecule has 0 aromatic heterocycles.